The maximum atomic E-state index is 12.7. The Bertz CT molecular complexity index is 1250. The third-order valence-corrected chi connectivity index (χ3v) is 7.59. The molecule has 1 heterocycles. The molecule has 1 fully saturated rings. The number of carbonyl (C=O) groups excluding carboxylic acids is 2. The molecule has 4 rings (SSSR count). The molecule has 3 aromatic carbocycles. The summed E-state index contributed by atoms with van der Waals surface area (Å²) < 4.78 is 22.6. The van der Waals surface area contributed by atoms with Crippen LogP contribution >= 0.6 is 0 Å². The summed E-state index contributed by atoms with van der Waals surface area (Å²) in [5.41, 5.74) is 2.88. The lowest BCUT2D eigenvalue weighted by molar-refractivity contribution is 0.0278. The van der Waals surface area contributed by atoms with E-state index in [-0.39, 0.29) is 18.3 Å². The number of hydrogen-bond donors (Lipinski definition) is 0. The maximum absolute atomic E-state index is 12.7. The molecular weight excluding hydrogens is 528 g/mol. The molecule has 1 saturated heterocycles. The van der Waals surface area contributed by atoms with E-state index in [1.165, 1.54) is 32.1 Å². The number of unbranched alkanes of at least 4 members (excludes halogenated alkanes) is 6. The van der Waals surface area contributed by atoms with Crippen molar-refractivity contribution in [2.45, 2.75) is 96.9 Å². The molecule has 6 heteroatoms. The Kier molecular flexibility index (Phi) is 12.0. The number of rotatable bonds is 17. The van der Waals surface area contributed by atoms with E-state index in [2.05, 4.69) is 13.8 Å². The largest absolute Gasteiger partial charge is 0.494 e. The minimum absolute atomic E-state index is 0.0276. The first-order valence-corrected chi connectivity index (χ1v) is 15.5. The van der Waals surface area contributed by atoms with Crippen molar-refractivity contribution in [1.29, 1.82) is 0 Å². The number of benzene rings is 3. The summed E-state index contributed by atoms with van der Waals surface area (Å²) >= 11 is 0. The molecule has 3 atom stereocenters. The van der Waals surface area contributed by atoms with Gasteiger partial charge >= 0.3 is 11.9 Å². The molecule has 6 nitrogen and oxygen atoms in total. The number of ether oxygens (including phenoxy) is 4. The van der Waals surface area contributed by atoms with E-state index in [0.29, 0.717) is 16.9 Å². The second-order valence-electron chi connectivity index (χ2n) is 11.0. The molecule has 0 saturated carbocycles. The van der Waals surface area contributed by atoms with Gasteiger partial charge in [0.2, 0.25) is 0 Å². The van der Waals surface area contributed by atoms with Crippen LogP contribution in [0.5, 0.6) is 11.5 Å². The lowest BCUT2D eigenvalue weighted by Gasteiger charge is -2.11. The van der Waals surface area contributed by atoms with Crippen LogP contribution in [0.25, 0.3) is 11.1 Å². The van der Waals surface area contributed by atoms with Crippen molar-refractivity contribution in [3.05, 3.63) is 83.9 Å². The Morgan fingerprint density at radius 1 is 0.690 bits per heavy atom. The summed E-state index contributed by atoms with van der Waals surface area (Å²) in [7, 11) is 0. The zero-order chi connectivity index (χ0) is 29.7. The fourth-order valence-corrected chi connectivity index (χ4v) is 4.95. The molecule has 0 N–H and O–H groups in total. The number of epoxide rings is 1. The Morgan fingerprint density at radius 2 is 1.24 bits per heavy atom. The predicted octanol–water partition coefficient (Wildman–Crippen LogP) is 8.82. The Morgan fingerprint density at radius 3 is 1.90 bits per heavy atom. The van der Waals surface area contributed by atoms with Gasteiger partial charge in [-0.3, -0.25) is 0 Å². The van der Waals surface area contributed by atoms with E-state index in [4.69, 9.17) is 18.9 Å². The molecule has 0 amide bonds. The quantitative estimate of drug-likeness (QED) is 0.0696. The van der Waals surface area contributed by atoms with Crippen LogP contribution in [0.1, 0.15) is 99.3 Å². The van der Waals surface area contributed by atoms with Crippen LogP contribution in [-0.2, 0) is 9.47 Å². The van der Waals surface area contributed by atoms with Crippen molar-refractivity contribution in [3.8, 4) is 22.6 Å². The molecule has 0 radical (unpaired) electrons. The summed E-state index contributed by atoms with van der Waals surface area (Å²) in [6, 6.07) is 21.7. The van der Waals surface area contributed by atoms with Gasteiger partial charge in [0, 0.05) is 0 Å². The molecule has 0 unspecified atom stereocenters. The molecule has 1 aliphatic rings. The first-order valence-electron chi connectivity index (χ1n) is 15.5. The lowest BCUT2D eigenvalue weighted by Crippen LogP contribution is -2.22. The second kappa shape index (κ2) is 16.1. The van der Waals surface area contributed by atoms with Gasteiger partial charge in [-0.15, -0.1) is 0 Å². The van der Waals surface area contributed by atoms with Gasteiger partial charge in [0.1, 0.15) is 23.7 Å². The van der Waals surface area contributed by atoms with Gasteiger partial charge in [-0.2, -0.15) is 0 Å². The molecule has 0 bridgehead atoms. The highest BCUT2D eigenvalue weighted by Crippen LogP contribution is 2.32. The van der Waals surface area contributed by atoms with Gasteiger partial charge in [0.15, 0.2) is 0 Å². The van der Waals surface area contributed by atoms with E-state index in [1.54, 1.807) is 36.4 Å². The predicted molar refractivity (Wildman–Crippen MR) is 165 cm³/mol. The molecule has 0 spiro atoms. The molecule has 3 aromatic rings. The standard InChI is InChI=1S/C36H44O6/c1-4-6-8-9-10-11-25-39-31-21-17-28(18-22-31)27-13-15-29(16-14-27)36(38)41-32-23-19-30(20-24-32)35(37)40-26(3)34-33(42-34)12-7-5-2/h13-24,26,33-34H,4-12,25H2,1-3H3/t26-,33-,34-/m0/s1. The minimum atomic E-state index is -0.465. The summed E-state index contributed by atoms with van der Waals surface area (Å²) in [6.07, 6.45) is 10.5. The molecular formula is C36H44O6. The Balaban J connectivity index is 1.21. The summed E-state index contributed by atoms with van der Waals surface area (Å²) in [6.45, 7) is 6.97. The van der Waals surface area contributed by atoms with Gasteiger partial charge in [-0.1, -0.05) is 83.1 Å². The third kappa shape index (κ3) is 9.45. The maximum Gasteiger partial charge on any atom is 0.343 e. The highest BCUT2D eigenvalue weighted by atomic mass is 16.6. The van der Waals surface area contributed by atoms with E-state index in [0.717, 1.165) is 49.2 Å². The van der Waals surface area contributed by atoms with Gasteiger partial charge in [0.25, 0.3) is 0 Å². The summed E-state index contributed by atoms with van der Waals surface area (Å²) in [5, 5.41) is 0. The average Bonchev–Trinajstić information content (AvgIpc) is 3.80. The van der Waals surface area contributed by atoms with E-state index in [9.17, 15) is 9.59 Å². The Hall–Kier alpha value is -3.64. The monoisotopic (exact) mass is 572 g/mol. The highest BCUT2D eigenvalue weighted by molar-refractivity contribution is 5.92. The SMILES string of the molecule is CCCCCCCCOc1ccc(-c2ccc(C(=O)Oc3ccc(C(=O)O[C@@H](C)[C@@H]4O[C@H]4CCCC)cc3)cc2)cc1. The average molecular weight is 573 g/mol. The first-order chi connectivity index (χ1) is 20.5. The van der Waals surface area contributed by atoms with Crippen LogP contribution < -0.4 is 9.47 Å². The molecule has 0 aliphatic carbocycles. The van der Waals surface area contributed by atoms with Crippen molar-refractivity contribution in [2.24, 2.45) is 0 Å². The van der Waals surface area contributed by atoms with E-state index >= 15 is 0 Å². The topological polar surface area (TPSA) is 74.4 Å². The minimum Gasteiger partial charge on any atom is -0.494 e. The normalized spacial score (nSPS) is 16.5. The zero-order valence-electron chi connectivity index (χ0n) is 25.2. The van der Waals surface area contributed by atoms with E-state index in [1.807, 2.05) is 43.3 Å². The Labute approximate surface area is 250 Å². The lowest BCUT2D eigenvalue weighted by atomic mass is 10.0. The van der Waals surface area contributed by atoms with Crippen molar-refractivity contribution in [2.75, 3.05) is 6.61 Å². The highest BCUT2D eigenvalue weighted by Gasteiger charge is 2.44. The molecule has 224 valence electrons. The molecule has 0 aromatic heterocycles. The summed E-state index contributed by atoms with van der Waals surface area (Å²) in [5.74, 6) is 0.343. The summed E-state index contributed by atoms with van der Waals surface area (Å²) in [4.78, 5) is 25.3. The van der Waals surface area contributed by atoms with Crippen LogP contribution in [-0.4, -0.2) is 36.9 Å². The van der Waals surface area contributed by atoms with Gasteiger partial charge in [0.05, 0.1) is 23.8 Å². The van der Waals surface area contributed by atoms with Crippen LogP contribution in [0.3, 0.4) is 0 Å². The van der Waals surface area contributed by atoms with Crippen molar-refractivity contribution in [3.63, 3.8) is 0 Å². The number of hydrogen-bond acceptors (Lipinski definition) is 6. The van der Waals surface area contributed by atoms with Gasteiger partial charge < -0.3 is 18.9 Å². The fourth-order valence-electron chi connectivity index (χ4n) is 4.95. The first kappa shape index (κ1) is 31.3. The molecule has 42 heavy (non-hydrogen) atoms. The van der Waals surface area contributed by atoms with Crippen molar-refractivity contribution in [1.82, 2.24) is 0 Å². The van der Waals surface area contributed by atoms with Gasteiger partial charge in [-0.25, -0.2) is 9.59 Å². The van der Waals surface area contributed by atoms with Crippen LogP contribution in [0.15, 0.2) is 72.8 Å². The van der Waals surface area contributed by atoms with Crippen LogP contribution in [0, 0.1) is 0 Å². The van der Waals surface area contributed by atoms with Gasteiger partial charge in [-0.05, 0) is 79.4 Å². The number of carbonyl (C=O) groups is 2. The second-order valence-corrected chi connectivity index (χ2v) is 11.0. The van der Waals surface area contributed by atoms with Crippen molar-refractivity contribution >= 4 is 11.9 Å². The third-order valence-electron chi connectivity index (χ3n) is 7.59. The zero-order valence-corrected chi connectivity index (χ0v) is 25.2. The van der Waals surface area contributed by atoms with E-state index < -0.39 is 11.9 Å². The number of esters is 2. The van der Waals surface area contributed by atoms with Crippen molar-refractivity contribution < 1.29 is 28.5 Å². The smallest absolute Gasteiger partial charge is 0.343 e. The van der Waals surface area contributed by atoms with Crippen LogP contribution in [0.4, 0.5) is 0 Å². The van der Waals surface area contributed by atoms with Crippen LogP contribution in [0.2, 0.25) is 0 Å². The fraction of sp³-hybridized carbons (Fsp3) is 0.444. The molecule has 1 aliphatic heterocycles.